The molecule has 2 aromatic heterocycles. The average molecular weight is 446 g/mol. The van der Waals surface area contributed by atoms with E-state index in [1.54, 1.807) is 11.3 Å². The van der Waals surface area contributed by atoms with Crippen LogP contribution in [0.4, 0.5) is 4.79 Å². The van der Waals surface area contributed by atoms with Crippen LogP contribution in [0.15, 0.2) is 22.7 Å². The van der Waals surface area contributed by atoms with E-state index in [0.29, 0.717) is 5.92 Å². The number of hydrogen-bond acceptors (Lipinski definition) is 6. The van der Waals surface area contributed by atoms with Crippen molar-refractivity contribution in [3.8, 4) is 10.7 Å². The Labute approximate surface area is 184 Å². The van der Waals surface area contributed by atoms with Gasteiger partial charge in [-0.1, -0.05) is 24.2 Å². The highest BCUT2D eigenvalue weighted by Crippen LogP contribution is 2.53. The van der Waals surface area contributed by atoms with Crippen LogP contribution >= 0.6 is 23.1 Å². The van der Waals surface area contributed by atoms with E-state index in [0.717, 1.165) is 40.5 Å². The molecule has 3 fully saturated rings. The highest BCUT2D eigenvalue weighted by molar-refractivity contribution is 7.99. The van der Waals surface area contributed by atoms with Crippen LogP contribution < -0.4 is 10.6 Å². The minimum Gasteiger partial charge on any atom is -0.335 e. The van der Waals surface area contributed by atoms with Crippen LogP contribution in [0.2, 0.25) is 0 Å². The van der Waals surface area contributed by atoms with E-state index in [-0.39, 0.29) is 23.7 Å². The van der Waals surface area contributed by atoms with Gasteiger partial charge in [-0.25, -0.2) is 4.79 Å². The van der Waals surface area contributed by atoms with Crippen molar-refractivity contribution in [2.45, 2.75) is 62.7 Å². The van der Waals surface area contributed by atoms with Crippen molar-refractivity contribution in [1.82, 2.24) is 25.4 Å². The number of aromatic nitrogens is 3. The molecule has 2 heterocycles. The second kappa shape index (κ2) is 8.34. The average Bonchev–Trinajstić information content (AvgIpc) is 3.22. The zero-order chi connectivity index (χ0) is 20.7. The summed E-state index contributed by atoms with van der Waals surface area (Å²) < 4.78 is 2.24. The largest absolute Gasteiger partial charge is 0.335 e. The van der Waals surface area contributed by atoms with Gasteiger partial charge in [0, 0.05) is 12.1 Å². The second-order valence-electron chi connectivity index (χ2n) is 8.82. The lowest BCUT2D eigenvalue weighted by molar-refractivity contribution is -0.117. The van der Waals surface area contributed by atoms with Gasteiger partial charge in [0.2, 0.25) is 5.91 Å². The summed E-state index contributed by atoms with van der Waals surface area (Å²) in [5.74, 6) is 3.01. The van der Waals surface area contributed by atoms with Gasteiger partial charge in [0.15, 0.2) is 11.0 Å². The molecule has 0 aliphatic heterocycles. The van der Waals surface area contributed by atoms with E-state index in [1.165, 1.54) is 37.4 Å². The third kappa shape index (κ3) is 4.14. The predicted octanol–water partition coefficient (Wildman–Crippen LogP) is 4.08. The molecule has 0 spiro atoms. The Balaban J connectivity index is 1.31. The number of rotatable bonds is 7. The third-order valence-electron chi connectivity index (χ3n) is 6.72. The number of fused-ring (bicyclic) bond motifs is 2. The Morgan fingerprint density at radius 1 is 1.27 bits per heavy atom. The van der Waals surface area contributed by atoms with E-state index < -0.39 is 6.03 Å². The molecular formula is C21H27N5O2S2. The van der Waals surface area contributed by atoms with Crippen LogP contribution in [-0.4, -0.2) is 38.5 Å². The fourth-order valence-corrected chi connectivity index (χ4v) is 6.66. The van der Waals surface area contributed by atoms with Crippen molar-refractivity contribution in [3.63, 3.8) is 0 Å². The molecule has 4 atom stereocenters. The van der Waals surface area contributed by atoms with E-state index in [4.69, 9.17) is 0 Å². The number of urea groups is 1. The van der Waals surface area contributed by atoms with Crippen LogP contribution in [0.1, 0.15) is 51.5 Å². The zero-order valence-electron chi connectivity index (χ0n) is 17.0. The number of nitrogens with one attached hydrogen (secondary N) is 2. The molecule has 30 heavy (non-hydrogen) atoms. The summed E-state index contributed by atoms with van der Waals surface area (Å²) in [7, 11) is 0. The molecule has 0 aromatic carbocycles. The first kappa shape index (κ1) is 20.1. The lowest BCUT2D eigenvalue weighted by atomic mass is 9.84. The quantitative estimate of drug-likeness (QED) is 0.627. The standard InChI is InChI=1S/C21H27N5O2S2/c1-12(16-10-13-4-5-14(16)9-13)26-19(17-3-2-8-29-17)24-25-21(26)30-11-18(27)23-20(28)22-15-6-7-15/h2-3,8,12-16H,4-7,9-11H2,1H3,(H2,22,23,27,28). The van der Waals surface area contributed by atoms with Gasteiger partial charge in [0.05, 0.1) is 10.6 Å². The Hall–Kier alpha value is -1.87. The van der Waals surface area contributed by atoms with Gasteiger partial charge in [0.25, 0.3) is 0 Å². The Kier molecular flexibility index (Phi) is 5.58. The minimum absolute atomic E-state index is 0.143. The predicted molar refractivity (Wildman–Crippen MR) is 117 cm³/mol. The highest BCUT2D eigenvalue weighted by atomic mass is 32.2. The van der Waals surface area contributed by atoms with Crippen LogP contribution in [0.3, 0.4) is 0 Å². The first-order chi connectivity index (χ1) is 14.6. The van der Waals surface area contributed by atoms with Crippen molar-refractivity contribution in [1.29, 1.82) is 0 Å². The molecule has 4 unspecified atom stereocenters. The van der Waals surface area contributed by atoms with Crippen LogP contribution in [0.25, 0.3) is 10.7 Å². The smallest absolute Gasteiger partial charge is 0.321 e. The third-order valence-corrected chi connectivity index (χ3v) is 8.53. The second-order valence-corrected chi connectivity index (χ2v) is 10.7. The monoisotopic (exact) mass is 445 g/mol. The molecule has 0 radical (unpaired) electrons. The molecule has 3 aliphatic carbocycles. The van der Waals surface area contributed by atoms with Gasteiger partial charge in [-0.2, -0.15) is 0 Å². The molecule has 7 nitrogen and oxygen atoms in total. The lowest BCUT2D eigenvalue weighted by Gasteiger charge is -2.30. The normalized spacial score (nSPS) is 26.0. The number of carbonyl (C=O) groups excluding carboxylic acids is 2. The fourth-order valence-electron chi connectivity index (χ4n) is 5.13. The number of carbonyl (C=O) groups is 2. The Bertz CT molecular complexity index is 924. The van der Waals surface area contributed by atoms with E-state index in [1.807, 2.05) is 6.07 Å². The maximum Gasteiger partial charge on any atom is 0.321 e. The van der Waals surface area contributed by atoms with E-state index in [2.05, 4.69) is 43.8 Å². The van der Waals surface area contributed by atoms with E-state index in [9.17, 15) is 9.59 Å². The van der Waals surface area contributed by atoms with Crippen molar-refractivity contribution < 1.29 is 9.59 Å². The van der Waals surface area contributed by atoms with Crippen LogP contribution in [0, 0.1) is 17.8 Å². The van der Waals surface area contributed by atoms with E-state index >= 15 is 0 Å². The lowest BCUT2D eigenvalue weighted by Crippen LogP contribution is -2.41. The first-order valence-electron chi connectivity index (χ1n) is 10.8. The number of hydrogen-bond donors (Lipinski definition) is 2. The summed E-state index contributed by atoms with van der Waals surface area (Å²) in [6, 6.07) is 4.21. The Morgan fingerprint density at radius 3 is 2.80 bits per heavy atom. The van der Waals surface area contributed by atoms with Crippen molar-refractivity contribution in [3.05, 3.63) is 17.5 Å². The molecular weight excluding hydrogens is 418 g/mol. The molecule has 3 amide bonds. The van der Waals surface area contributed by atoms with Crippen molar-refractivity contribution in [2.75, 3.05) is 5.75 Å². The Morgan fingerprint density at radius 2 is 2.13 bits per heavy atom. The van der Waals surface area contributed by atoms with Gasteiger partial charge >= 0.3 is 6.03 Å². The summed E-state index contributed by atoms with van der Waals surface area (Å²) in [6.45, 7) is 2.28. The number of imide groups is 1. The molecule has 2 N–H and O–H groups in total. The number of thioether (sulfide) groups is 1. The van der Waals surface area contributed by atoms with Crippen molar-refractivity contribution in [2.24, 2.45) is 17.8 Å². The fraction of sp³-hybridized carbons (Fsp3) is 0.619. The van der Waals surface area contributed by atoms with Crippen molar-refractivity contribution >= 4 is 35.0 Å². The van der Waals surface area contributed by atoms with Gasteiger partial charge in [0.1, 0.15) is 0 Å². The highest BCUT2D eigenvalue weighted by Gasteiger charge is 2.43. The summed E-state index contributed by atoms with van der Waals surface area (Å²) >= 11 is 3.02. The number of thiophene rings is 1. The number of amides is 3. The maximum atomic E-state index is 12.3. The minimum atomic E-state index is -0.404. The topological polar surface area (TPSA) is 88.9 Å². The first-order valence-corrected chi connectivity index (χ1v) is 12.7. The zero-order valence-corrected chi connectivity index (χ0v) is 18.7. The molecule has 0 saturated heterocycles. The van der Waals surface area contributed by atoms with Gasteiger partial charge in [-0.15, -0.1) is 21.5 Å². The van der Waals surface area contributed by atoms with Gasteiger partial charge < -0.3 is 5.32 Å². The molecule has 2 aromatic rings. The van der Waals surface area contributed by atoms with Crippen LogP contribution in [-0.2, 0) is 4.79 Å². The van der Waals surface area contributed by atoms with Crippen LogP contribution in [0.5, 0.6) is 0 Å². The van der Waals surface area contributed by atoms with Gasteiger partial charge in [-0.3, -0.25) is 14.7 Å². The SMILES string of the molecule is CC(C1CC2CCC1C2)n1c(SCC(=O)NC(=O)NC2CC2)nnc1-c1cccs1. The molecule has 3 saturated carbocycles. The summed E-state index contributed by atoms with van der Waals surface area (Å²) in [6.07, 6.45) is 7.32. The molecule has 160 valence electrons. The van der Waals surface area contributed by atoms with Gasteiger partial charge in [-0.05, 0) is 68.2 Å². The molecule has 9 heteroatoms. The number of nitrogens with zero attached hydrogens (tertiary/aromatic N) is 3. The molecule has 2 bridgehead atoms. The summed E-state index contributed by atoms with van der Waals surface area (Å²) in [4.78, 5) is 25.2. The summed E-state index contributed by atoms with van der Waals surface area (Å²) in [5, 5.41) is 16.9. The summed E-state index contributed by atoms with van der Waals surface area (Å²) in [5.41, 5.74) is 0. The molecule has 5 rings (SSSR count). The molecule has 3 aliphatic rings. The maximum absolute atomic E-state index is 12.3.